The van der Waals surface area contributed by atoms with Gasteiger partial charge in [-0.2, -0.15) is 13.2 Å². The van der Waals surface area contributed by atoms with E-state index in [0.717, 1.165) is 0 Å². The number of Topliss-reactive ketones (excluding diaryl/α,β-unsaturated/α-hetero) is 1. The molecule has 0 amide bonds. The second-order valence-corrected chi connectivity index (χ2v) is 7.15. The highest BCUT2D eigenvalue weighted by Gasteiger charge is 2.49. The Kier molecular flexibility index (Phi) is 7.68. The van der Waals surface area contributed by atoms with Crippen molar-refractivity contribution in [3.05, 3.63) is 23.8 Å². The number of alkyl halides is 3. The Morgan fingerprint density at radius 3 is 2.22 bits per heavy atom. The highest BCUT2D eigenvalue weighted by Crippen LogP contribution is 2.36. The maximum Gasteiger partial charge on any atom is 0.426 e. The molecule has 0 N–H and O–H groups in total. The summed E-state index contributed by atoms with van der Waals surface area (Å²) in [4.78, 5) is 23.1. The Morgan fingerprint density at radius 2 is 1.74 bits per heavy atom. The molecular formula is C19H25F3O5. The predicted octanol–water partition coefficient (Wildman–Crippen LogP) is 4.58. The topological polar surface area (TPSA) is 61.8 Å². The molecule has 1 aromatic rings. The largest absolute Gasteiger partial charge is 0.493 e. The van der Waals surface area contributed by atoms with Gasteiger partial charge in [0.05, 0.1) is 13.7 Å². The Bertz CT molecular complexity index is 648. The fourth-order valence-electron chi connectivity index (χ4n) is 2.33. The second-order valence-electron chi connectivity index (χ2n) is 7.15. The molecule has 0 saturated carbocycles. The smallest absolute Gasteiger partial charge is 0.426 e. The monoisotopic (exact) mass is 390 g/mol. The molecule has 0 fully saturated rings. The Balaban J connectivity index is 2.56. The fourth-order valence-corrected chi connectivity index (χ4v) is 2.33. The maximum absolute atomic E-state index is 13.0. The highest BCUT2D eigenvalue weighted by atomic mass is 19.4. The average molecular weight is 390 g/mol. The standard InChI is InChI=1S/C19H25F3O5/c1-12(23)13-8-9-14(15(11-13)25-5)26-10-6-7-16(24)27-17(18(2,3)4)19(20,21)22/h8-9,11,17H,6-7,10H2,1-5H3. The third kappa shape index (κ3) is 7.11. The molecule has 27 heavy (non-hydrogen) atoms. The number of carbonyl (C=O) groups excluding carboxylic acids is 2. The Morgan fingerprint density at radius 1 is 1.11 bits per heavy atom. The summed E-state index contributed by atoms with van der Waals surface area (Å²) in [6, 6.07) is 4.67. The van der Waals surface area contributed by atoms with Crippen molar-refractivity contribution in [2.24, 2.45) is 5.41 Å². The van der Waals surface area contributed by atoms with Crippen molar-refractivity contribution in [3.63, 3.8) is 0 Å². The lowest BCUT2D eigenvalue weighted by Gasteiger charge is -2.31. The van der Waals surface area contributed by atoms with Crippen LogP contribution in [0.1, 0.15) is 50.9 Å². The summed E-state index contributed by atoms with van der Waals surface area (Å²) in [5.41, 5.74) is -0.792. The molecule has 1 atom stereocenters. The Hall–Kier alpha value is -2.25. The van der Waals surface area contributed by atoms with Crippen LogP contribution in [0.25, 0.3) is 0 Å². The molecule has 0 aliphatic carbocycles. The molecule has 0 heterocycles. The Labute approximate surface area is 156 Å². The summed E-state index contributed by atoms with van der Waals surface area (Å²) < 4.78 is 54.3. The first kappa shape index (κ1) is 22.8. The lowest BCUT2D eigenvalue weighted by molar-refractivity contribution is -0.244. The first-order valence-corrected chi connectivity index (χ1v) is 8.44. The minimum Gasteiger partial charge on any atom is -0.493 e. The molecule has 152 valence electrons. The normalized spacial score (nSPS) is 13.0. The van der Waals surface area contributed by atoms with Crippen LogP contribution in [0.5, 0.6) is 11.5 Å². The number of carbonyl (C=O) groups is 2. The summed E-state index contributed by atoms with van der Waals surface area (Å²) in [6.45, 7) is 5.58. The molecule has 0 bridgehead atoms. The minimum absolute atomic E-state index is 0.0804. The van der Waals surface area contributed by atoms with E-state index >= 15 is 0 Å². The van der Waals surface area contributed by atoms with Gasteiger partial charge in [-0.1, -0.05) is 20.8 Å². The number of ketones is 1. The van der Waals surface area contributed by atoms with Gasteiger partial charge in [0.25, 0.3) is 0 Å². The molecule has 0 aliphatic rings. The van der Waals surface area contributed by atoms with Crippen molar-refractivity contribution < 1.29 is 37.0 Å². The summed E-state index contributed by atoms with van der Waals surface area (Å²) in [6.07, 6.45) is -6.84. The number of rotatable bonds is 8. The van der Waals surface area contributed by atoms with Gasteiger partial charge in [-0.15, -0.1) is 0 Å². The van der Waals surface area contributed by atoms with E-state index in [2.05, 4.69) is 4.74 Å². The minimum atomic E-state index is -4.63. The third-order valence-electron chi connectivity index (χ3n) is 3.69. The molecular weight excluding hydrogens is 365 g/mol. The zero-order chi connectivity index (χ0) is 20.8. The number of hydrogen-bond donors (Lipinski definition) is 0. The molecule has 1 aromatic carbocycles. The van der Waals surface area contributed by atoms with E-state index in [1.54, 1.807) is 12.1 Å². The third-order valence-corrected chi connectivity index (χ3v) is 3.69. The van der Waals surface area contributed by atoms with Crippen LogP contribution >= 0.6 is 0 Å². The van der Waals surface area contributed by atoms with Gasteiger partial charge >= 0.3 is 12.1 Å². The van der Waals surface area contributed by atoms with Crippen molar-refractivity contribution in [3.8, 4) is 11.5 Å². The number of methoxy groups -OCH3 is 1. The summed E-state index contributed by atoms with van der Waals surface area (Å²) >= 11 is 0. The van der Waals surface area contributed by atoms with Gasteiger partial charge in [-0.05, 0) is 31.5 Å². The van der Waals surface area contributed by atoms with Gasteiger partial charge in [0.15, 0.2) is 17.3 Å². The molecule has 1 rings (SSSR count). The molecule has 0 saturated heterocycles. The van der Waals surface area contributed by atoms with Gasteiger partial charge < -0.3 is 14.2 Å². The predicted molar refractivity (Wildman–Crippen MR) is 93.1 cm³/mol. The van der Waals surface area contributed by atoms with Gasteiger partial charge in [-0.3, -0.25) is 9.59 Å². The van der Waals surface area contributed by atoms with E-state index in [4.69, 9.17) is 9.47 Å². The SMILES string of the molecule is COc1cc(C(C)=O)ccc1OCCCC(=O)OC(C(C)(C)C)C(F)(F)F. The molecule has 0 spiro atoms. The quantitative estimate of drug-likeness (QED) is 0.369. The maximum atomic E-state index is 13.0. The van der Waals surface area contributed by atoms with E-state index < -0.39 is 23.7 Å². The number of halogens is 3. The van der Waals surface area contributed by atoms with Gasteiger partial charge in [0, 0.05) is 17.4 Å². The van der Waals surface area contributed by atoms with E-state index in [9.17, 15) is 22.8 Å². The number of benzene rings is 1. The zero-order valence-electron chi connectivity index (χ0n) is 16.1. The van der Waals surface area contributed by atoms with Crippen molar-refractivity contribution in [2.75, 3.05) is 13.7 Å². The molecule has 0 aromatic heterocycles. The lowest BCUT2D eigenvalue weighted by Crippen LogP contribution is -2.43. The fraction of sp³-hybridized carbons (Fsp3) is 0.579. The first-order chi connectivity index (χ1) is 12.4. The van der Waals surface area contributed by atoms with Crippen LogP contribution < -0.4 is 9.47 Å². The molecule has 5 nitrogen and oxygen atoms in total. The van der Waals surface area contributed by atoms with Crippen LogP contribution in [-0.4, -0.2) is 37.7 Å². The van der Waals surface area contributed by atoms with E-state index in [1.165, 1.54) is 40.9 Å². The lowest BCUT2D eigenvalue weighted by atomic mass is 9.88. The van der Waals surface area contributed by atoms with Gasteiger partial charge in [0.2, 0.25) is 6.10 Å². The van der Waals surface area contributed by atoms with Crippen LogP contribution in [0, 0.1) is 5.41 Å². The zero-order valence-corrected chi connectivity index (χ0v) is 16.1. The van der Waals surface area contributed by atoms with Gasteiger partial charge in [-0.25, -0.2) is 0 Å². The van der Waals surface area contributed by atoms with E-state index in [1.807, 2.05) is 0 Å². The highest BCUT2D eigenvalue weighted by molar-refractivity contribution is 5.94. The molecule has 0 radical (unpaired) electrons. The summed E-state index contributed by atoms with van der Waals surface area (Å²) in [7, 11) is 1.42. The van der Waals surface area contributed by atoms with Crippen molar-refractivity contribution in [1.82, 2.24) is 0 Å². The van der Waals surface area contributed by atoms with Crippen LogP contribution in [-0.2, 0) is 9.53 Å². The number of hydrogen-bond acceptors (Lipinski definition) is 5. The first-order valence-electron chi connectivity index (χ1n) is 8.44. The van der Waals surface area contributed by atoms with Crippen LogP contribution in [0.15, 0.2) is 18.2 Å². The van der Waals surface area contributed by atoms with Crippen molar-refractivity contribution >= 4 is 11.8 Å². The van der Waals surface area contributed by atoms with E-state index in [0.29, 0.717) is 17.1 Å². The average Bonchev–Trinajstić information content (AvgIpc) is 2.54. The second kappa shape index (κ2) is 9.10. The van der Waals surface area contributed by atoms with E-state index in [-0.39, 0.29) is 25.2 Å². The van der Waals surface area contributed by atoms with Gasteiger partial charge in [0.1, 0.15) is 0 Å². The van der Waals surface area contributed by atoms with Crippen LogP contribution in [0.2, 0.25) is 0 Å². The van der Waals surface area contributed by atoms with Crippen molar-refractivity contribution in [2.45, 2.75) is 52.8 Å². The van der Waals surface area contributed by atoms with Crippen LogP contribution in [0.4, 0.5) is 13.2 Å². The molecule has 0 aliphatic heterocycles. The van der Waals surface area contributed by atoms with Crippen molar-refractivity contribution in [1.29, 1.82) is 0 Å². The van der Waals surface area contributed by atoms with Crippen LogP contribution in [0.3, 0.4) is 0 Å². The summed E-state index contributed by atoms with van der Waals surface area (Å²) in [5.74, 6) is -0.329. The number of ether oxygens (including phenoxy) is 3. The molecule has 1 unspecified atom stereocenters. The number of esters is 1. The molecule has 8 heteroatoms. The summed E-state index contributed by atoms with van der Waals surface area (Å²) in [5, 5.41) is 0.